The summed E-state index contributed by atoms with van der Waals surface area (Å²) in [7, 11) is 0. The number of hydrogen-bond acceptors (Lipinski definition) is 4. The molecule has 2 heterocycles. The molecule has 0 bridgehead atoms. The SMILES string of the molecule is Cc1cc(C)c2c(Cn3c(=O)n(C4CCCCC4)c(=O)c4ccccc43)nsc2c1. The average molecular weight is 420 g/mol. The Morgan fingerprint density at radius 3 is 2.63 bits per heavy atom. The lowest BCUT2D eigenvalue weighted by Crippen LogP contribution is -2.43. The number of para-hydroxylation sites is 1. The summed E-state index contributed by atoms with van der Waals surface area (Å²) in [5.41, 5.74) is 3.60. The zero-order valence-corrected chi connectivity index (χ0v) is 18.2. The van der Waals surface area contributed by atoms with Crippen LogP contribution in [0.25, 0.3) is 21.0 Å². The van der Waals surface area contributed by atoms with Crippen LogP contribution in [0.4, 0.5) is 0 Å². The molecule has 1 aliphatic carbocycles. The van der Waals surface area contributed by atoms with Gasteiger partial charge in [-0.1, -0.05) is 37.5 Å². The number of hydrogen-bond donors (Lipinski definition) is 0. The first kappa shape index (κ1) is 19.2. The van der Waals surface area contributed by atoms with Crippen LogP contribution in [0.15, 0.2) is 46.0 Å². The Hall–Kier alpha value is -2.73. The maximum Gasteiger partial charge on any atom is 0.332 e. The van der Waals surface area contributed by atoms with Crippen molar-refractivity contribution >= 4 is 32.5 Å². The first-order chi connectivity index (χ1) is 14.5. The van der Waals surface area contributed by atoms with Gasteiger partial charge in [0.05, 0.1) is 27.8 Å². The van der Waals surface area contributed by atoms with Crippen molar-refractivity contribution in [2.24, 2.45) is 0 Å². The van der Waals surface area contributed by atoms with Crippen LogP contribution in [0.1, 0.15) is 55.0 Å². The van der Waals surface area contributed by atoms with E-state index in [-0.39, 0.29) is 17.3 Å². The fourth-order valence-corrected chi connectivity index (χ4v) is 5.90. The molecule has 1 fully saturated rings. The minimum absolute atomic E-state index is 0.00818. The highest BCUT2D eigenvalue weighted by molar-refractivity contribution is 7.13. The summed E-state index contributed by atoms with van der Waals surface area (Å²) in [5, 5.41) is 1.73. The van der Waals surface area contributed by atoms with Crippen molar-refractivity contribution < 1.29 is 0 Å². The van der Waals surface area contributed by atoms with Gasteiger partial charge in [-0.3, -0.25) is 13.9 Å². The Kier molecular flexibility index (Phi) is 4.82. The van der Waals surface area contributed by atoms with Crippen LogP contribution in [0.3, 0.4) is 0 Å². The molecule has 2 aromatic heterocycles. The zero-order valence-electron chi connectivity index (χ0n) is 17.4. The molecule has 5 rings (SSSR count). The smallest absolute Gasteiger partial charge is 0.287 e. The maximum absolute atomic E-state index is 13.6. The van der Waals surface area contributed by atoms with Gasteiger partial charge in [-0.2, -0.15) is 4.37 Å². The molecule has 2 aromatic carbocycles. The van der Waals surface area contributed by atoms with E-state index in [0.29, 0.717) is 17.4 Å². The Balaban J connectivity index is 1.73. The van der Waals surface area contributed by atoms with Crippen LogP contribution in [0.2, 0.25) is 0 Å². The molecule has 154 valence electrons. The van der Waals surface area contributed by atoms with Crippen LogP contribution < -0.4 is 11.2 Å². The van der Waals surface area contributed by atoms with Gasteiger partial charge in [0.15, 0.2) is 0 Å². The normalized spacial score (nSPS) is 15.3. The van der Waals surface area contributed by atoms with E-state index in [2.05, 4.69) is 26.0 Å². The Morgan fingerprint density at radius 2 is 1.83 bits per heavy atom. The van der Waals surface area contributed by atoms with E-state index in [4.69, 9.17) is 4.37 Å². The first-order valence-corrected chi connectivity index (χ1v) is 11.4. The van der Waals surface area contributed by atoms with Crippen molar-refractivity contribution in [1.29, 1.82) is 0 Å². The van der Waals surface area contributed by atoms with Crippen molar-refractivity contribution in [2.75, 3.05) is 0 Å². The molecule has 1 aliphatic rings. The van der Waals surface area contributed by atoms with Crippen LogP contribution >= 0.6 is 11.5 Å². The van der Waals surface area contributed by atoms with Gasteiger partial charge in [0, 0.05) is 11.4 Å². The van der Waals surface area contributed by atoms with E-state index in [1.807, 2.05) is 24.3 Å². The predicted molar refractivity (Wildman–Crippen MR) is 123 cm³/mol. The van der Waals surface area contributed by atoms with Gasteiger partial charge in [-0.25, -0.2) is 4.79 Å². The highest BCUT2D eigenvalue weighted by Crippen LogP contribution is 2.29. The Labute approximate surface area is 178 Å². The summed E-state index contributed by atoms with van der Waals surface area (Å²) < 4.78 is 9.11. The van der Waals surface area contributed by atoms with Gasteiger partial charge in [-0.15, -0.1) is 0 Å². The van der Waals surface area contributed by atoms with Crippen molar-refractivity contribution in [2.45, 2.75) is 58.5 Å². The topological polar surface area (TPSA) is 56.9 Å². The maximum atomic E-state index is 13.6. The molecule has 4 aromatic rings. The molecule has 0 atom stereocenters. The van der Waals surface area contributed by atoms with Crippen molar-refractivity contribution in [1.82, 2.24) is 13.5 Å². The van der Waals surface area contributed by atoms with E-state index < -0.39 is 0 Å². The Bertz CT molecular complexity index is 1370. The lowest BCUT2D eigenvalue weighted by atomic mass is 9.95. The number of rotatable bonds is 3. The van der Waals surface area contributed by atoms with E-state index in [1.54, 1.807) is 4.57 Å². The molecular weight excluding hydrogens is 394 g/mol. The summed E-state index contributed by atoms with van der Waals surface area (Å²) >= 11 is 1.47. The molecule has 30 heavy (non-hydrogen) atoms. The quantitative estimate of drug-likeness (QED) is 0.472. The Morgan fingerprint density at radius 1 is 1.07 bits per heavy atom. The highest BCUT2D eigenvalue weighted by atomic mass is 32.1. The van der Waals surface area contributed by atoms with Crippen LogP contribution in [-0.4, -0.2) is 13.5 Å². The summed E-state index contributed by atoms with van der Waals surface area (Å²) in [6, 6.07) is 11.8. The van der Waals surface area contributed by atoms with Crippen LogP contribution in [0, 0.1) is 13.8 Å². The van der Waals surface area contributed by atoms with Gasteiger partial charge < -0.3 is 0 Å². The molecular formula is C24H25N3O2S. The number of aryl methyl sites for hydroxylation is 2. The summed E-state index contributed by atoms with van der Waals surface area (Å²) in [6.07, 6.45) is 5.10. The van der Waals surface area contributed by atoms with E-state index in [9.17, 15) is 9.59 Å². The van der Waals surface area contributed by atoms with Gasteiger partial charge in [0.1, 0.15) is 0 Å². The molecule has 6 heteroatoms. The monoisotopic (exact) mass is 419 g/mol. The minimum atomic E-state index is -0.212. The minimum Gasteiger partial charge on any atom is -0.287 e. The number of benzene rings is 2. The fourth-order valence-electron chi connectivity index (χ4n) is 4.93. The third-order valence-corrected chi connectivity index (χ3v) is 7.15. The lowest BCUT2D eigenvalue weighted by Gasteiger charge is -2.24. The highest BCUT2D eigenvalue weighted by Gasteiger charge is 2.23. The predicted octanol–water partition coefficient (Wildman–Crippen LogP) is 4.94. The summed E-state index contributed by atoms with van der Waals surface area (Å²) in [6.45, 7) is 4.55. The third-order valence-electron chi connectivity index (χ3n) is 6.32. The molecule has 0 radical (unpaired) electrons. The zero-order chi connectivity index (χ0) is 20.8. The summed E-state index contributed by atoms with van der Waals surface area (Å²) in [5.74, 6) is 0. The molecule has 0 aliphatic heterocycles. The van der Waals surface area contributed by atoms with E-state index >= 15 is 0 Å². The molecule has 0 spiro atoms. The molecule has 1 saturated carbocycles. The number of nitrogens with zero attached hydrogens (tertiary/aromatic N) is 3. The van der Waals surface area contributed by atoms with Crippen LogP contribution in [-0.2, 0) is 6.54 Å². The second-order valence-corrected chi connectivity index (χ2v) is 9.24. The van der Waals surface area contributed by atoms with Crippen molar-refractivity contribution in [3.05, 3.63) is 74.1 Å². The van der Waals surface area contributed by atoms with E-state index in [1.165, 1.54) is 33.6 Å². The second-order valence-electron chi connectivity index (χ2n) is 8.44. The standard InChI is InChI=1S/C24H25N3O2S/c1-15-12-16(2)22-19(25-30-21(22)13-15)14-26-20-11-7-6-10-18(20)23(28)27(24(26)29)17-8-4-3-5-9-17/h6-7,10-13,17H,3-5,8-9,14H2,1-2H3. The molecule has 0 saturated heterocycles. The van der Waals surface area contributed by atoms with Gasteiger partial charge >= 0.3 is 5.69 Å². The van der Waals surface area contributed by atoms with Crippen molar-refractivity contribution in [3.63, 3.8) is 0 Å². The van der Waals surface area contributed by atoms with Gasteiger partial charge in [0.25, 0.3) is 5.56 Å². The summed E-state index contributed by atoms with van der Waals surface area (Å²) in [4.78, 5) is 26.8. The third kappa shape index (κ3) is 3.10. The van der Waals surface area contributed by atoms with Gasteiger partial charge in [-0.05, 0) is 67.5 Å². The molecule has 0 amide bonds. The lowest BCUT2D eigenvalue weighted by molar-refractivity contribution is 0.333. The number of fused-ring (bicyclic) bond motifs is 2. The molecule has 0 N–H and O–H groups in total. The largest absolute Gasteiger partial charge is 0.332 e. The van der Waals surface area contributed by atoms with Crippen molar-refractivity contribution in [3.8, 4) is 0 Å². The van der Waals surface area contributed by atoms with E-state index in [0.717, 1.165) is 41.5 Å². The van der Waals surface area contributed by atoms with Crippen LogP contribution in [0.5, 0.6) is 0 Å². The molecule has 5 nitrogen and oxygen atoms in total. The average Bonchev–Trinajstić information content (AvgIpc) is 3.15. The number of aromatic nitrogens is 3. The first-order valence-electron chi connectivity index (χ1n) is 10.6. The fraction of sp³-hybridized carbons (Fsp3) is 0.375. The second kappa shape index (κ2) is 7.51. The molecule has 0 unspecified atom stereocenters. The van der Waals surface area contributed by atoms with Gasteiger partial charge in [0.2, 0.25) is 0 Å².